The molecule has 0 aromatic rings. The van der Waals surface area contributed by atoms with Crippen LogP contribution in [0.2, 0.25) is 0 Å². The first-order chi connectivity index (χ1) is 6.25. The first-order valence-corrected chi connectivity index (χ1v) is 5.57. The van der Waals surface area contributed by atoms with Crippen LogP contribution in [0.1, 0.15) is 33.1 Å². The van der Waals surface area contributed by atoms with Crippen molar-refractivity contribution in [2.75, 3.05) is 19.7 Å². The molecule has 78 valence electrons. The Morgan fingerprint density at radius 1 is 1.31 bits per heavy atom. The summed E-state index contributed by atoms with van der Waals surface area (Å²) in [5.74, 6) is 2.29. The molecule has 1 saturated heterocycles. The largest absolute Gasteiger partial charge is 0.396 e. The van der Waals surface area contributed by atoms with Crippen LogP contribution in [0, 0.1) is 17.8 Å². The van der Waals surface area contributed by atoms with Gasteiger partial charge in [0, 0.05) is 6.61 Å². The normalized spacial score (nSPS) is 22.2. The van der Waals surface area contributed by atoms with E-state index in [2.05, 4.69) is 19.2 Å². The molecule has 0 aromatic carbocycles. The van der Waals surface area contributed by atoms with Crippen LogP contribution in [0.15, 0.2) is 0 Å². The van der Waals surface area contributed by atoms with Gasteiger partial charge in [-0.15, -0.1) is 0 Å². The summed E-state index contributed by atoms with van der Waals surface area (Å²) >= 11 is 0. The predicted molar refractivity (Wildman–Crippen MR) is 55.6 cm³/mol. The van der Waals surface area contributed by atoms with Gasteiger partial charge in [-0.1, -0.05) is 13.8 Å². The Morgan fingerprint density at radius 3 is 2.38 bits per heavy atom. The average molecular weight is 185 g/mol. The van der Waals surface area contributed by atoms with Crippen molar-refractivity contribution in [1.29, 1.82) is 0 Å². The fourth-order valence-corrected chi connectivity index (χ4v) is 2.53. The van der Waals surface area contributed by atoms with E-state index >= 15 is 0 Å². The van der Waals surface area contributed by atoms with Crippen LogP contribution in [0.25, 0.3) is 0 Å². The monoisotopic (exact) mass is 185 g/mol. The highest BCUT2D eigenvalue weighted by Gasteiger charge is 2.25. The fraction of sp³-hybridized carbons (Fsp3) is 1.00. The Hall–Kier alpha value is -0.0800. The van der Waals surface area contributed by atoms with E-state index in [9.17, 15) is 0 Å². The van der Waals surface area contributed by atoms with Gasteiger partial charge in [0.1, 0.15) is 0 Å². The third kappa shape index (κ3) is 3.28. The number of hydrogen-bond donors (Lipinski definition) is 2. The lowest BCUT2D eigenvalue weighted by atomic mass is 9.77. The molecule has 0 aliphatic carbocycles. The molecule has 0 saturated carbocycles. The van der Waals surface area contributed by atoms with E-state index in [0.717, 1.165) is 24.2 Å². The molecule has 1 unspecified atom stereocenters. The molecular weight excluding hydrogens is 162 g/mol. The van der Waals surface area contributed by atoms with Crippen molar-refractivity contribution >= 4 is 0 Å². The zero-order valence-electron chi connectivity index (χ0n) is 8.92. The van der Waals surface area contributed by atoms with Crippen LogP contribution in [-0.2, 0) is 0 Å². The molecule has 13 heavy (non-hydrogen) atoms. The molecule has 2 N–H and O–H groups in total. The molecule has 1 fully saturated rings. The van der Waals surface area contributed by atoms with Crippen molar-refractivity contribution in [2.45, 2.75) is 33.1 Å². The second-order valence-corrected chi connectivity index (χ2v) is 4.51. The summed E-state index contributed by atoms with van der Waals surface area (Å²) in [6.45, 7) is 7.25. The summed E-state index contributed by atoms with van der Waals surface area (Å²) in [4.78, 5) is 0. The highest BCUT2D eigenvalue weighted by Crippen LogP contribution is 2.30. The minimum Gasteiger partial charge on any atom is -0.396 e. The average Bonchev–Trinajstić information content (AvgIpc) is 2.15. The maximum Gasteiger partial charge on any atom is 0.0433 e. The van der Waals surface area contributed by atoms with Gasteiger partial charge >= 0.3 is 0 Å². The van der Waals surface area contributed by atoms with Crippen molar-refractivity contribution in [3.8, 4) is 0 Å². The Morgan fingerprint density at radius 2 is 1.92 bits per heavy atom. The molecule has 1 aliphatic heterocycles. The van der Waals surface area contributed by atoms with Gasteiger partial charge in [-0.3, -0.25) is 0 Å². The molecule has 2 heteroatoms. The van der Waals surface area contributed by atoms with Crippen molar-refractivity contribution < 1.29 is 5.11 Å². The first kappa shape index (κ1) is 11.0. The van der Waals surface area contributed by atoms with Gasteiger partial charge in [-0.25, -0.2) is 0 Å². The molecule has 0 radical (unpaired) electrons. The highest BCUT2D eigenvalue weighted by atomic mass is 16.3. The smallest absolute Gasteiger partial charge is 0.0433 e. The summed E-state index contributed by atoms with van der Waals surface area (Å²) in [5.41, 5.74) is 0. The standard InChI is InChI=1S/C11H23NO/c1-9(2)11(5-8-13)10-3-6-12-7-4-10/h9-13H,3-8H2,1-2H3. The van der Waals surface area contributed by atoms with E-state index in [-0.39, 0.29) is 0 Å². The topological polar surface area (TPSA) is 32.3 Å². The maximum absolute atomic E-state index is 9.00. The fourth-order valence-electron chi connectivity index (χ4n) is 2.53. The lowest BCUT2D eigenvalue weighted by Crippen LogP contribution is -2.33. The Bertz CT molecular complexity index is 130. The van der Waals surface area contributed by atoms with Crippen LogP contribution in [0.4, 0.5) is 0 Å². The van der Waals surface area contributed by atoms with Crippen LogP contribution >= 0.6 is 0 Å². The molecule has 1 heterocycles. The van der Waals surface area contributed by atoms with Crippen LogP contribution in [0.5, 0.6) is 0 Å². The lowest BCUT2D eigenvalue weighted by Gasteiger charge is -2.33. The van der Waals surface area contributed by atoms with Crippen LogP contribution in [-0.4, -0.2) is 24.8 Å². The first-order valence-electron chi connectivity index (χ1n) is 5.57. The molecule has 1 rings (SSSR count). The van der Waals surface area contributed by atoms with E-state index < -0.39 is 0 Å². The van der Waals surface area contributed by atoms with Gasteiger partial charge in [0.05, 0.1) is 0 Å². The van der Waals surface area contributed by atoms with Gasteiger partial charge in [-0.05, 0) is 50.1 Å². The molecular formula is C11H23NO. The zero-order chi connectivity index (χ0) is 9.68. The van der Waals surface area contributed by atoms with Crippen molar-refractivity contribution in [2.24, 2.45) is 17.8 Å². The molecule has 2 nitrogen and oxygen atoms in total. The van der Waals surface area contributed by atoms with Gasteiger partial charge in [0.15, 0.2) is 0 Å². The van der Waals surface area contributed by atoms with Gasteiger partial charge in [0.2, 0.25) is 0 Å². The Labute approximate surface area is 81.7 Å². The van der Waals surface area contributed by atoms with E-state index in [1.165, 1.54) is 25.9 Å². The third-order valence-electron chi connectivity index (χ3n) is 3.31. The van der Waals surface area contributed by atoms with Crippen molar-refractivity contribution in [3.05, 3.63) is 0 Å². The van der Waals surface area contributed by atoms with Crippen molar-refractivity contribution in [1.82, 2.24) is 5.32 Å². The van der Waals surface area contributed by atoms with E-state index in [0.29, 0.717) is 6.61 Å². The summed E-state index contributed by atoms with van der Waals surface area (Å²) in [5, 5.41) is 12.4. The van der Waals surface area contributed by atoms with Gasteiger partial charge in [0.25, 0.3) is 0 Å². The number of hydrogen-bond acceptors (Lipinski definition) is 2. The second kappa shape index (κ2) is 5.61. The van der Waals surface area contributed by atoms with Gasteiger partial charge < -0.3 is 10.4 Å². The van der Waals surface area contributed by atoms with E-state index in [4.69, 9.17) is 5.11 Å². The second-order valence-electron chi connectivity index (χ2n) is 4.51. The Balaban J connectivity index is 2.41. The summed E-state index contributed by atoms with van der Waals surface area (Å²) < 4.78 is 0. The quantitative estimate of drug-likeness (QED) is 0.698. The van der Waals surface area contributed by atoms with Crippen LogP contribution in [0.3, 0.4) is 0 Å². The molecule has 0 amide bonds. The van der Waals surface area contributed by atoms with Crippen molar-refractivity contribution in [3.63, 3.8) is 0 Å². The summed E-state index contributed by atoms with van der Waals surface area (Å²) in [6, 6.07) is 0. The molecule has 0 spiro atoms. The SMILES string of the molecule is CC(C)C(CCO)C1CCNCC1. The summed E-state index contributed by atoms with van der Waals surface area (Å²) in [6.07, 6.45) is 3.58. The predicted octanol–water partition coefficient (Wildman–Crippen LogP) is 1.64. The highest BCUT2D eigenvalue weighted by molar-refractivity contribution is 4.77. The number of aliphatic hydroxyl groups excluding tert-OH is 1. The number of piperidine rings is 1. The van der Waals surface area contributed by atoms with E-state index in [1.54, 1.807) is 0 Å². The molecule has 1 atom stereocenters. The number of aliphatic hydroxyl groups is 1. The minimum absolute atomic E-state index is 0.354. The number of nitrogens with one attached hydrogen (secondary N) is 1. The third-order valence-corrected chi connectivity index (χ3v) is 3.31. The van der Waals surface area contributed by atoms with E-state index in [1.807, 2.05) is 0 Å². The Kier molecular flexibility index (Phi) is 4.74. The zero-order valence-corrected chi connectivity index (χ0v) is 8.92. The minimum atomic E-state index is 0.354. The van der Waals surface area contributed by atoms with Crippen LogP contribution < -0.4 is 5.32 Å². The summed E-state index contributed by atoms with van der Waals surface area (Å²) in [7, 11) is 0. The van der Waals surface area contributed by atoms with Gasteiger partial charge in [-0.2, -0.15) is 0 Å². The molecule has 0 aromatic heterocycles. The molecule has 1 aliphatic rings. The maximum atomic E-state index is 9.00. The number of rotatable bonds is 4. The lowest BCUT2D eigenvalue weighted by molar-refractivity contribution is 0.154. The molecule has 0 bridgehead atoms.